The monoisotopic (exact) mass is 271 g/mol. The van der Waals surface area contributed by atoms with Gasteiger partial charge in [0.15, 0.2) is 0 Å². The molecule has 2 N–H and O–H groups in total. The van der Waals surface area contributed by atoms with Crippen LogP contribution in [0, 0.1) is 5.92 Å². The minimum Gasteiger partial charge on any atom is -0.361 e. The van der Waals surface area contributed by atoms with E-state index < -0.39 is 0 Å². The van der Waals surface area contributed by atoms with Crippen LogP contribution in [0.5, 0.6) is 0 Å². The molecule has 1 fully saturated rings. The van der Waals surface area contributed by atoms with Crippen LogP contribution in [-0.4, -0.2) is 36.6 Å². The summed E-state index contributed by atoms with van der Waals surface area (Å²) in [6.07, 6.45) is 6.06. The molecule has 2 aromatic rings. The largest absolute Gasteiger partial charge is 0.361 e. The van der Waals surface area contributed by atoms with Crippen molar-refractivity contribution in [3.8, 4) is 0 Å². The van der Waals surface area contributed by atoms with Crippen LogP contribution >= 0.6 is 0 Å². The lowest BCUT2D eigenvalue weighted by atomic mass is 9.94. The summed E-state index contributed by atoms with van der Waals surface area (Å²) in [4.78, 5) is 5.68. The lowest BCUT2D eigenvalue weighted by Crippen LogP contribution is -2.31. The number of aromatic amines is 1. The fourth-order valence-electron chi connectivity index (χ4n) is 3.10. The molecule has 0 spiro atoms. The third kappa shape index (κ3) is 3.41. The topological polar surface area (TPSA) is 31.1 Å². The predicted molar refractivity (Wildman–Crippen MR) is 84.8 cm³/mol. The van der Waals surface area contributed by atoms with Gasteiger partial charge in [-0.25, -0.2) is 0 Å². The van der Waals surface area contributed by atoms with Crippen molar-refractivity contribution in [2.75, 3.05) is 26.7 Å². The average molecular weight is 271 g/mol. The fraction of sp³-hybridized carbons (Fsp3) is 0.529. The van der Waals surface area contributed by atoms with Crippen molar-refractivity contribution in [1.29, 1.82) is 0 Å². The fourth-order valence-corrected chi connectivity index (χ4v) is 3.10. The predicted octanol–water partition coefficient (Wildman–Crippen LogP) is 2.99. The molecular formula is C17H25N3. The lowest BCUT2D eigenvalue weighted by Gasteiger charge is -2.28. The molecule has 20 heavy (non-hydrogen) atoms. The summed E-state index contributed by atoms with van der Waals surface area (Å²) in [5.41, 5.74) is 2.60. The van der Waals surface area contributed by atoms with Gasteiger partial charge in [-0.3, -0.25) is 0 Å². The standard InChI is InChI=1S/C17H25N3/c1-20-10-6-14(7-11-20)4-8-18-13-15-2-3-17-16(12-15)5-9-19-17/h2-3,5,9,12,14,18-19H,4,6-8,10-11,13H2,1H3. The van der Waals surface area contributed by atoms with Crippen LogP contribution in [0.2, 0.25) is 0 Å². The first kappa shape index (κ1) is 13.7. The normalized spacial score (nSPS) is 17.9. The van der Waals surface area contributed by atoms with Gasteiger partial charge in [0.1, 0.15) is 0 Å². The maximum absolute atomic E-state index is 3.59. The Morgan fingerprint density at radius 1 is 1.25 bits per heavy atom. The smallest absolute Gasteiger partial charge is 0.0454 e. The third-order valence-corrected chi connectivity index (χ3v) is 4.51. The van der Waals surface area contributed by atoms with Crippen molar-refractivity contribution in [2.24, 2.45) is 5.92 Å². The molecular weight excluding hydrogens is 246 g/mol. The number of likely N-dealkylation sites (tertiary alicyclic amines) is 1. The molecule has 0 unspecified atom stereocenters. The molecule has 0 bridgehead atoms. The minimum atomic E-state index is 0.922. The van der Waals surface area contributed by atoms with Gasteiger partial charge in [0.05, 0.1) is 0 Å². The second kappa shape index (κ2) is 6.42. The first-order chi connectivity index (χ1) is 9.81. The van der Waals surface area contributed by atoms with E-state index in [0.29, 0.717) is 0 Å². The molecule has 1 aliphatic rings. The summed E-state index contributed by atoms with van der Waals surface area (Å²) in [5.74, 6) is 0.922. The van der Waals surface area contributed by atoms with Crippen molar-refractivity contribution in [3.05, 3.63) is 36.0 Å². The van der Waals surface area contributed by atoms with Crippen LogP contribution in [-0.2, 0) is 6.54 Å². The number of piperidine rings is 1. The van der Waals surface area contributed by atoms with Gasteiger partial charge in [-0.15, -0.1) is 0 Å². The number of nitrogens with one attached hydrogen (secondary N) is 2. The first-order valence-corrected chi connectivity index (χ1v) is 7.76. The van der Waals surface area contributed by atoms with Crippen molar-refractivity contribution in [1.82, 2.24) is 15.2 Å². The Bertz CT molecular complexity index is 538. The van der Waals surface area contributed by atoms with Gasteiger partial charge < -0.3 is 15.2 Å². The second-order valence-corrected chi connectivity index (χ2v) is 6.11. The number of fused-ring (bicyclic) bond motifs is 1. The van der Waals surface area contributed by atoms with E-state index in [1.54, 1.807) is 0 Å². The number of hydrogen-bond acceptors (Lipinski definition) is 2. The Labute approximate surface area is 121 Å². The highest BCUT2D eigenvalue weighted by atomic mass is 15.1. The van der Waals surface area contributed by atoms with Crippen molar-refractivity contribution in [2.45, 2.75) is 25.8 Å². The summed E-state index contributed by atoms with van der Waals surface area (Å²) in [6.45, 7) is 4.66. The first-order valence-electron chi connectivity index (χ1n) is 7.76. The van der Waals surface area contributed by atoms with Gasteiger partial charge >= 0.3 is 0 Å². The quantitative estimate of drug-likeness (QED) is 0.819. The average Bonchev–Trinajstić information content (AvgIpc) is 2.93. The van der Waals surface area contributed by atoms with E-state index in [9.17, 15) is 0 Å². The van der Waals surface area contributed by atoms with Crippen molar-refractivity contribution in [3.63, 3.8) is 0 Å². The van der Waals surface area contributed by atoms with Crippen molar-refractivity contribution >= 4 is 10.9 Å². The Morgan fingerprint density at radius 2 is 2.10 bits per heavy atom. The Morgan fingerprint density at radius 3 is 2.95 bits per heavy atom. The van der Waals surface area contributed by atoms with E-state index in [-0.39, 0.29) is 0 Å². The number of benzene rings is 1. The molecule has 0 saturated carbocycles. The maximum Gasteiger partial charge on any atom is 0.0454 e. The van der Waals surface area contributed by atoms with E-state index in [1.165, 1.54) is 48.8 Å². The Balaban J connectivity index is 1.41. The molecule has 3 rings (SSSR count). The molecule has 1 aromatic heterocycles. The Kier molecular flexibility index (Phi) is 4.38. The van der Waals surface area contributed by atoms with Crippen LogP contribution < -0.4 is 5.32 Å². The number of nitrogens with zero attached hydrogens (tertiary/aromatic N) is 1. The molecule has 1 saturated heterocycles. The van der Waals surface area contributed by atoms with Gasteiger partial charge in [0.25, 0.3) is 0 Å². The number of H-pyrrole nitrogens is 1. The molecule has 3 nitrogen and oxygen atoms in total. The van der Waals surface area contributed by atoms with Gasteiger partial charge in [-0.1, -0.05) is 6.07 Å². The zero-order valence-corrected chi connectivity index (χ0v) is 12.4. The molecule has 1 aliphatic heterocycles. The Hall–Kier alpha value is -1.32. The van der Waals surface area contributed by atoms with E-state index in [1.807, 2.05) is 6.20 Å². The molecule has 1 aromatic carbocycles. The summed E-state index contributed by atoms with van der Waals surface area (Å²) >= 11 is 0. The SMILES string of the molecule is CN1CCC(CCNCc2ccc3[nH]ccc3c2)CC1. The number of rotatable bonds is 5. The second-order valence-electron chi connectivity index (χ2n) is 6.11. The molecule has 108 valence electrons. The molecule has 0 atom stereocenters. The molecule has 2 heterocycles. The van der Waals surface area contributed by atoms with Gasteiger partial charge in [0.2, 0.25) is 0 Å². The highest BCUT2D eigenvalue weighted by Crippen LogP contribution is 2.19. The minimum absolute atomic E-state index is 0.922. The summed E-state index contributed by atoms with van der Waals surface area (Å²) in [6, 6.07) is 8.79. The third-order valence-electron chi connectivity index (χ3n) is 4.51. The van der Waals surface area contributed by atoms with Crippen LogP contribution in [0.4, 0.5) is 0 Å². The molecule has 3 heteroatoms. The van der Waals surface area contributed by atoms with E-state index in [2.05, 4.69) is 46.5 Å². The molecule has 0 amide bonds. The zero-order chi connectivity index (χ0) is 13.8. The van der Waals surface area contributed by atoms with E-state index in [4.69, 9.17) is 0 Å². The van der Waals surface area contributed by atoms with Gasteiger partial charge in [0, 0.05) is 18.3 Å². The molecule has 0 aliphatic carbocycles. The van der Waals surface area contributed by atoms with Gasteiger partial charge in [-0.2, -0.15) is 0 Å². The van der Waals surface area contributed by atoms with Crippen molar-refractivity contribution < 1.29 is 0 Å². The maximum atomic E-state index is 3.59. The van der Waals surface area contributed by atoms with Crippen LogP contribution in [0.1, 0.15) is 24.8 Å². The highest BCUT2D eigenvalue weighted by molar-refractivity contribution is 5.79. The van der Waals surface area contributed by atoms with E-state index >= 15 is 0 Å². The van der Waals surface area contributed by atoms with Crippen LogP contribution in [0.3, 0.4) is 0 Å². The van der Waals surface area contributed by atoms with Gasteiger partial charge in [-0.05, 0) is 81.0 Å². The molecule has 0 radical (unpaired) electrons. The number of aromatic nitrogens is 1. The summed E-state index contributed by atoms with van der Waals surface area (Å²) in [7, 11) is 2.23. The number of hydrogen-bond donors (Lipinski definition) is 2. The zero-order valence-electron chi connectivity index (χ0n) is 12.4. The van der Waals surface area contributed by atoms with E-state index in [0.717, 1.165) is 19.0 Å². The summed E-state index contributed by atoms with van der Waals surface area (Å²) in [5, 5.41) is 4.90. The lowest BCUT2D eigenvalue weighted by molar-refractivity contribution is 0.211. The summed E-state index contributed by atoms with van der Waals surface area (Å²) < 4.78 is 0. The van der Waals surface area contributed by atoms with Crippen LogP contribution in [0.15, 0.2) is 30.5 Å². The van der Waals surface area contributed by atoms with Crippen LogP contribution in [0.25, 0.3) is 10.9 Å². The highest BCUT2D eigenvalue weighted by Gasteiger charge is 2.15.